The van der Waals surface area contributed by atoms with Crippen molar-refractivity contribution in [2.45, 2.75) is 50.4 Å². The first kappa shape index (κ1) is 25.5. The predicted molar refractivity (Wildman–Crippen MR) is 137 cm³/mol. The molecule has 2 atom stereocenters. The van der Waals surface area contributed by atoms with Gasteiger partial charge >= 0.3 is 6.61 Å². The Balaban J connectivity index is 1.33. The van der Waals surface area contributed by atoms with E-state index in [1.165, 1.54) is 30.7 Å². The Hall–Kier alpha value is -4.50. The summed E-state index contributed by atoms with van der Waals surface area (Å²) in [7, 11) is 1.66. The van der Waals surface area contributed by atoms with Crippen LogP contribution < -0.4 is 4.74 Å². The van der Waals surface area contributed by atoms with Crippen LogP contribution in [0.4, 0.5) is 13.2 Å². The molecule has 1 N–H and O–H groups in total. The SMILES string of the molecule is CN1C(=O)c2cccc(OC(F)F)c2C2CC1c1nn3cnc(-c4cnc(C5(O)CC(C)(C#N)C5)c(F)c4)cc3c12. The third-order valence-corrected chi connectivity index (χ3v) is 8.58. The second-order valence-electron chi connectivity index (χ2n) is 11.3. The third kappa shape index (κ3) is 3.65. The number of fused-ring (bicyclic) bond motifs is 9. The molecule has 12 heteroatoms. The molecule has 1 aromatic carbocycles. The van der Waals surface area contributed by atoms with Gasteiger partial charge in [0.25, 0.3) is 5.91 Å². The normalized spacial score (nSPS) is 26.4. The van der Waals surface area contributed by atoms with Crippen LogP contribution in [0, 0.1) is 22.6 Å². The van der Waals surface area contributed by atoms with E-state index in [-0.39, 0.29) is 30.2 Å². The standard InChI is InChI=1S/C29H23F3N6O3/c1-28(12-33)10-29(40,11-28)25-17(30)6-14(9-34-25)18-8-19-23-16-7-20(24(23)36-38(19)13-35-18)37(2)26(39)15-4-3-5-21(22(15)16)41-27(31)32/h3-6,8-9,13,16,20,27,40H,7,10-11H2,1-2H3. The molecular weight excluding hydrogens is 537 g/mol. The molecule has 1 saturated carbocycles. The van der Waals surface area contributed by atoms with Crippen molar-refractivity contribution < 1.29 is 27.8 Å². The first-order valence-electron chi connectivity index (χ1n) is 13.0. The Bertz CT molecular complexity index is 1810. The van der Waals surface area contributed by atoms with Crippen molar-refractivity contribution in [3.05, 3.63) is 76.8 Å². The summed E-state index contributed by atoms with van der Waals surface area (Å²) in [4.78, 5) is 23.5. The van der Waals surface area contributed by atoms with E-state index in [4.69, 9.17) is 4.74 Å². The number of nitrogens with zero attached hydrogens (tertiary/aromatic N) is 6. The van der Waals surface area contributed by atoms with Gasteiger partial charge in [-0.05, 0) is 37.6 Å². The highest BCUT2D eigenvalue weighted by Crippen LogP contribution is 2.55. The maximum Gasteiger partial charge on any atom is 0.387 e. The molecule has 1 fully saturated rings. The van der Waals surface area contributed by atoms with Gasteiger partial charge in [0.1, 0.15) is 29.2 Å². The molecule has 0 saturated heterocycles. The zero-order chi connectivity index (χ0) is 28.8. The molecule has 4 aromatic rings. The Morgan fingerprint density at radius 3 is 2.71 bits per heavy atom. The summed E-state index contributed by atoms with van der Waals surface area (Å²) in [5.74, 6) is -1.53. The number of nitriles is 1. The molecule has 41 heavy (non-hydrogen) atoms. The van der Waals surface area contributed by atoms with Gasteiger partial charge in [-0.15, -0.1) is 0 Å². The molecule has 0 radical (unpaired) electrons. The summed E-state index contributed by atoms with van der Waals surface area (Å²) in [5.41, 5.74) is 1.10. The van der Waals surface area contributed by atoms with E-state index < -0.39 is 35.4 Å². The topological polar surface area (TPSA) is 117 Å². The van der Waals surface area contributed by atoms with Crippen molar-refractivity contribution in [1.29, 1.82) is 5.26 Å². The molecule has 1 amide bonds. The molecular formula is C29H23F3N6O3. The summed E-state index contributed by atoms with van der Waals surface area (Å²) in [6.07, 6.45) is 3.51. The Morgan fingerprint density at radius 1 is 1.22 bits per heavy atom. The summed E-state index contributed by atoms with van der Waals surface area (Å²) >= 11 is 0. The van der Waals surface area contributed by atoms with E-state index in [9.17, 15) is 23.9 Å². The van der Waals surface area contributed by atoms with Gasteiger partial charge in [-0.25, -0.2) is 13.9 Å². The highest BCUT2D eigenvalue weighted by atomic mass is 19.3. The smallest absolute Gasteiger partial charge is 0.387 e. The Kier molecular flexibility index (Phi) is 5.28. The molecule has 208 valence electrons. The lowest BCUT2D eigenvalue weighted by Gasteiger charge is -2.46. The zero-order valence-corrected chi connectivity index (χ0v) is 22.0. The number of carbonyl (C=O) groups excluding carboxylic acids is 1. The lowest BCUT2D eigenvalue weighted by molar-refractivity contribution is -0.108. The van der Waals surface area contributed by atoms with Crippen molar-refractivity contribution in [2.24, 2.45) is 5.41 Å². The van der Waals surface area contributed by atoms with E-state index in [1.807, 2.05) is 0 Å². The number of hydrogen-bond acceptors (Lipinski definition) is 7. The predicted octanol–water partition coefficient (Wildman–Crippen LogP) is 4.71. The summed E-state index contributed by atoms with van der Waals surface area (Å²) in [5, 5.41) is 24.8. The van der Waals surface area contributed by atoms with Crippen molar-refractivity contribution >= 4 is 11.4 Å². The van der Waals surface area contributed by atoms with Gasteiger partial charge in [0.2, 0.25) is 0 Å². The number of aliphatic hydroxyl groups is 1. The van der Waals surface area contributed by atoms with Crippen molar-refractivity contribution in [3.8, 4) is 23.1 Å². The Morgan fingerprint density at radius 2 is 2.00 bits per heavy atom. The van der Waals surface area contributed by atoms with Gasteiger partial charge in [0, 0.05) is 54.3 Å². The lowest BCUT2D eigenvalue weighted by Crippen LogP contribution is -2.48. The van der Waals surface area contributed by atoms with Crippen molar-refractivity contribution in [1.82, 2.24) is 24.5 Å². The van der Waals surface area contributed by atoms with Crippen LogP contribution in [0.15, 0.2) is 42.9 Å². The van der Waals surface area contributed by atoms with Crippen LogP contribution in [0.1, 0.15) is 71.0 Å². The second-order valence-corrected chi connectivity index (χ2v) is 11.3. The van der Waals surface area contributed by atoms with Crippen LogP contribution in [0.3, 0.4) is 0 Å². The first-order valence-corrected chi connectivity index (χ1v) is 13.0. The molecule has 3 aromatic heterocycles. The average Bonchev–Trinajstić information content (AvgIpc) is 3.44. The fourth-order valence-corrected chi connectivity index (χ4v) is 6.84. The van der Waals surface area contributed by atoms with E-state index in [1.54, 1.807) is 35.5 Å². The van der Waals surface area contributed by atoms with Crippen LogP contribution in [0.2, 0.25) is 0 Å². The van der Waals surface area contributed by atoms with Crippen LogP contribution >= 0.6 is 0 Å². The number of amides is 1. The highest BCUT2D eigenvalue weighted by Gasteiger charge is 2.54. The number of rotatable bonds is 4. The summed E-state index contributed by atoms with van der Waals surface area (Å²) in [6.45, 7) is -1.35. The van der Waals surface area contributed by atoms with Crippen molar-refractivity contribution in [2.75, 3.05) is 7.05 Å². The number of benzene rings is 1. The van der Waals surface area contributed by atoms with Gasteiger partial charge in [-0.2, -0.15) is 19.1 Å². The fourth-order valence-electron chi connectivity index (χ4n) is 6.84. The maximum absolute atomic E-state index is 15.2. The fraction of sp³-hybridized carbons (Fsp3) is 0.345. The second kappa shape index (κ2) is 8.50. The molecule has 4 heterocycles. The molecule has 3 aliphatic rings. The number of hydrogen-bond donors (Lipinski definition) is 1. The van der Waals surface area contributed by atoms with E-state index in [0.717, 1.165) is 5.56 Å². The molecule has 2 unspecified atom stereocenters. The molecule has 7 rings (SSSR count). The zero-order valence-electron chi connectivity index (χ0n) is 22.0. The minimum Gasteiger partial charge on any atom is -0.434 e. The minimum absolute atomic E-state index is 0.0605. The van der Waals surface area contributed by atoms with Crippen LogP contribution in [-0.2, 0) is 5.60 Å². The van der Waals surface area contributed by atoms with Gasteiger partial charge in [0.05, 0.1) is 34.4 Å². The lowest BCUT2D eigenvalue weighted by atomic mass is 9.59. The molecule has 9 nitrogen and oxygen atoms in total. The third-order valence-electron chi connectivity index (χ3n) is 8.58. The average molecular weight is 561 g/mol. The molecule has 2 bridgehead atoms. The largest absolute Gasteiger partial charge is 0.434 e. The minimum atomic E-state index is -3.06. The number of alkyl halides is 2. The number of pyridine rings is 1. The first-order chi connectivity index (χ1) is 19.5. The van der Waals surface area contributed by atoms with Crippen LogP contribution in [0.25, 0.3) is 16.8 Å². The number of carbonyl (C=O) groups is 1. The van der Waals surface area contributed by atoms with Crippen LogP contribution in [0.5, 0.6) is 5.75 Å². The monoisotopic (exact) mass is 560 g/mol. The quantitative estimate of drug-likeness (QED) is 0.384. The summed E-state index contributed by atoms with van der Waals surface area (Å²) < 4.78 is 48.3. The number of ether oxygens (including phenoxy) is 1. The molecule has 0 spiro atoms. The van der Waals surface area contributed by atoms with Gasteiger partial charge in [-0.1, -0.05) is 6.07 Å². The Labute approximate surface area is 231 Å². The molecule has 1 aliphatic heterocycles. The summed E-state index contributed by atoms with van der Waals surface area (Å²) in [6, 6.07) is 9.28. The van der Waals surface area contributed by atoms with Gasteiger partial charge in [-0.3, -0.25) is 9.78 Å². The van der Waals surface area contributed by atoms with E-state index in [2.05, 4.69) is 21.1 Å². The molecule has 2 aliphatic carbocycles. The van der Waals surface area contributed by atoms with Crippen LogP contribution in [-0.4, -0.2) is 49.2 Å². The number of aromatic nitrogens is 4. The van der Waals surface area contributed by atoms with Gasteiger partial charge < -0.3 is 14.7 Å². The maximum atomic E-state index is 15.2. The highest BCUT2D eigenvalue weighted by molar-refractivity contribution is 5.98. The van der Waals surface area contributed by atoms with E-state index in [0.29, 0.717) is 40.0 Å². The van der Waals surface area contributed by atoms with E-state index >= 15 is 4.39 Å². The van der Waals surface area contributed by atoms with Crippen molar-refractivity contribution in [3.63, 3.8) is 0 Å². The van der Waals surface area contributed by atoms with Gasteiger partial charge in [0.15, 0.2) is 0 Å². The number of halogens is 3.